The summed E-state index contributed by atoms with van der Waals surface area (Å²) in [5.74, 6) is 3.17. The molecule has 15 heteroatoms. The Kier molecular flexibility index (Phi) is 16.5. The number of carbonyl (C=O) groups is 3. The second kappa shape index (κ2) is 23.3. The maximum absolute atomic E-state index is 14.1. The summed E-state index contributed by atoms with van der Waals surface area (Å²) >= 11 is 6.98. The van der Waals surface area contributed by atoms with Gasteiger partial charge in [-0.25, -0.2) is 4.79 Å². The van der Waals surface area contributed by atoms with Gasteiger partial charge in [0.25, 0.3) is 11.8 Å². The minimum atomic E-state index is -0.707. The van der Waals surface area contributed by atoms with Crippen LogP contribution in [0, 0.1) is 22.7 Å². The van der Waals surface area contributed by atoms with Gasteiger partial charge in [0, 0.05) is 56.4 Å². The molecule has 2 fully saturated rings. The van der Waals surface area contributed by atoms with Crippen LogP contribution >= 0.6 is 31.9 Å². The molecule has 13 nitrogen and oxygen atoms in total. The molecule has 2 saturated carbocycles. The molecular formula is C57H53Br2N5O8. The molecule has 368 valence electrons. The highest BCUT2D eigenvalue weighted by atomic mass is 79.9. The third kappa shape index (κ3) is 14.2. The predicted octanol–water partition coefficient (Wildman–Crippen LogP) is 14.1. The van der Waals surface area contributed by atoms with Gasteiger partial charge in [-0.2, -0.15) is 10.5 Å². The molecule has 0 atom stereocenters. The molecule has 0 unspecified atom stereocenters. The highest BCUT2D eigenvalue weighted by Crippen LogP contribution is 2.36. The van der Waals surface area contributed by atoms with Crippen LogP contribution in [0.4, 0.5) is 4.79 Å². The van der Waals surface area contributed by atoms with E-state index in [1.54, 1.807) is 84.9 Å². The first-order chi connectivity index (χ1) is 34.6. The van der Waals surface area contributed by atoms with Crippen LogP contribution in [0.2, 0.25) is 0 Å². The number of hydrogen-bond acceptors (Lipinski definition) is 10. The van der Waals surface area contributed by atoms with Crippen molar-refractivity contribution in [2.24, 2.45) is 0 Å². The zero-order chi connectivity index (χ0) is 50.8. The van der Waals surface area contributed by atoms with E-state index in [0.717, 1.165) is 8.95 Å². The minimum Gasteiger partial charge on any atom is -0.457 e. The number of hydrogen-bond donors (Lipinski definition) is 2. The molecule has 2 aliphatic rings. The van der Waals surface area contributed by atoms with Crippen molar-refractivity contribution in [3.63, 3.8) is 0 Å². The SMILES string of the molecule is CC(C)(C)OC(=O)N(C1CCC(NC(=O)c2cc(Oc3ccc(C#N)cc3)cc(Oc3cccc(Br)c3)c2)CC1)C1CCC(NC(=O)c2cc(Oc3ccc(C#N)cc3)cc(Oc3cccc(Br)c3)c2)CC1. The second-order valence-corrected chi connectivity index (χ2v) is 20.7. The summed E-state index contributed by atoms with van der Waals surface area (Å²) in [6.45, 7) is 5.59. The molecule has 72 heavy (non-hydrogen) atoms. The normalized spacial score (nSPS) is 17.5. The number of rotatable bonds is 14. The summed E-state index contributed by atoms with van der Waals surface area (Å²) in [6.07, 6.45) is 4.84. The molecular weight excluding hydrogens is 1040 g/mol. The summed E-state index contributed by atoms with van der Waals surface area (Å²) in [4.78, 5) is 44.0. The number of carbonyl (C=O) groups excluding carboxylic acids is 3. The summed E-state index contributed by atoms with van der Waals surface area (Å²) in [7, 11) is 0. The van der Waals surface area contributed by atoms with Gasteiger partial charge in [0.2, 0.25) is 0 Å². The predicted molar refractivity (Wildman–Crippen MR) is 279 cm³/mol. The van der Waals surface area contributed by atoms with Crippen LogP contribution in [0.5, 0.6) is 46.0 Å². The van der Waals surface area contributed by atoms with E-state index in [4.69, 9.17) is 23.7 Å². The lowest BCUT2D eigenvalue weighted by Crippen LogP contribution is -2.53. The number of ether oxygens (including phenoxy) is 5. The summed E-state index contributed by atoms with van der Waals surface area (Å²) in [6, 6.07) is 42.0. The third-order valence-electron chi connectivity index (χ3n) is 12.2. The highest BCUT2D eigenvalue weighted by Gasteiger charge is 2.38. The first-order valence-electron chi connectivity index (χ1n) is 23.8. The lowest BCUT2D eigenvalue weighted by Gasteiger charge is -2.44. The Hall–Kier alpha value is -7.33. The van der Waals surface area contributed by atoms with Crippen LogP contribution in [-0.4, -0.2) is 52.6 Å². The van der Waals surface area contributed by atoms with Crippen LogP contribution < -0.4 is 29.6 Å². The molecule has 6 aromatic rings. The second-order valence-electron chi connectivity index (χ2n) is 18.8. The Morgan fingerprint density at radius 2 is 0.861 bits per heavy atom. The number of nitriles is 2. The van der Waals surface area contributed by atoms with E-state index in [2.05, 4.69) is 54.6 Å². The summed E-state index contributed by atoms with van der Waals surface area (Å²) in [5.41, 5.74) is 0.997. The Bertz CT molecular complexity index is 2800. The zero-order valence-corrected chi connectivity index (χ0v) is 43.2. The van der Waals surface area contributed by atoms with Crippen molar-refractivity contribution in [1.29, 1.82) is 10.5 Å². The number of nitrogens with one attached hydrogen (secondary N) is 2. The average Bonchev–Trinajstić information content (AvgIpc) is 3.35. The van der Waals surface area contributed by atoms with Crippen LogP contribution in [0.25, 0.3) is 0 Å². The van der Waals surface area contributed by atoms with Crippen molar-refractivity contribution >= 4 is 49.8 Å². The third-order valence-corrected chi connectivity index (χ3v) is 13.2. The van der Waals surface area contributed by atoms with E-state index >= 15 is 0 Å². The molecule has 0 radical (unpaired) electrons. The van der Waals surface area contributed by atoms with E-state index < -0.39 is 5.60 Å². The van der Waals surface area contributed by atoms with Crippen molar-refractivity contribution in [3.8, 4) is 58.1 Å². The fourth-order valence-electron chi connectivity index (χ4n) is 8.89. The van der Waals surface area contributed by atoms with Crippen molar-refractivity contribution < 1.29 is 38.1 Å². The minimum absolute atomic E-state index is 0.110. The fourth-order valence-corrected chi connectivity index (χ4v) is 9.64. The van der Waals surface area contributed by atoms with Gasteiger partial charge < -0.3 is 39.2 Å². The maximum Gasteiger partial charge on any atom is 0.410 e. The van der Waals surface area contributed by atoms with Gasteiger partial charge in [0.05, 0.1) is 23.3 Å². The molecule has 0 bridgehead atoms. The molecule has 0 aliphatic heterocycles. The van der Waals surface area contributed by atoms with Gasteiger partial charge in [-0.15, -0.1) is 0 Å². The highest BCUT2D eigenvalue weighted by molar-refractivity contribution is 9.10. The maximum atomic E-state index is 14.1. The Morgan fingerprint density at radius 3 is 1.19 bits per heavy atom. The van der Waals surface area contributed by atoms with Gasteiger partial charge in [0.1, 0.15) is 51.6 Å². The lowest BCUT2D eigenvalue weighted by atomic mass is 9.85. The number of halogens is 2. The van der Waals surface area contributed by atoms with Crippen molar-refractivity contribution in [2.45, 2.75) is 102 Å². The van der Waals surface area contributed by atoms with Crippen LogP contribution in [-0.2, 0) is 4.74 Å². The number of nitrogens with zero attached hydrogens (tertiary/aromatic N) is 3. The Morgan fingerprint density at radius 1 is 0.500 bits per heavy atom. The van der Waals surface area contributed by atoms with Crippen LogP contribution in [0.15, 0.2) is 142 Å². The molecule has 6 aromatic carbocycles. The zero-order valence-electron chi connectivity index (χ0n) is 40.0. The van der Waals surface area contributed by atoms with Crippen LogP contribution in [0.1, 0.15) is 104 Å². The van der Waals surface area contributed by atoms with Crippen LogP contribution in [0.3, 0.4) is 0 Å². The molecule has 0 saturated heterocycles. The lowest BCUT2D eigenvalue weighted by molar-refractivity contribution is -0.00736. The summed E-state index contributed by atoms with van der Waals surface area (Å²) in [5, 5.41) is 25.0. The van der Waals surface area contributed by atoms with E-state index in [0.29, 0.717) is 120 Å². The molecule has 2 N–H and O–H groups in total. The quantitative estimate of drug-likeness (QED) is 0.107. The van der Waals surface area contributed by atoms with E-state index in [9.17, 15) is 24.9 Å². The monoisotopic (exact) mass is 1090 g/mol. The van der Waals surface area contributed by atoms with Gasteiger partial charge in [-0.3, -0.25) is 9.59 Å². The Balaban J connectivity index is 0.916. The molecule has 0 aromatic heterocycles. The fraction of sp³-hybridized carbons (Fsp3) is 0.281. The molecule has 0 heterocycles. The molecule has 3 amide bonds. The number of amides is 3. The van der Waals surface area contributed by atoms with Gasteiger partial charge in [0.15, 0.2) is 0 Å². The first-order valence-corrected chi connectivity index (χ1v) is 25.4. The smallest absolute Gasteiger partial charge is 0.410 e. The molecule has 8 rings (SSSR count). The largest absolute Gasteiger partial charge is 0.457 e. The van der Waals surface area contributed by atoms with Gasteiger partial charge >= 0.3 is 6.09 Å². The van der Waals surface area contributed by atoms with Crippen molar-refractivity contribution in [2.75, 3.05) is 0 Å². The van der Waals surface area contributed by atoms with Crippen molar-refractivity contribution in [1.82, 2.24) is 15.5 Å². The molecule has 0 spiro atoms. The van der Waals surface area contributed by atoms with Crippen molar-refractivity contribution in [3.05, 3.63) is 165 Å². The van der Waals surface area contributed by atoms with E-state index in [1.807, 2.05) is 74.2 Å². The molecule has 2 aliphatic carbocycles. The average molecular weight is 1100 g/mol. The Labute approximate surface area is 436 Å². The standard InChI is InChI=1S/C57H53Br2N5O8/c1-57(2,3)72-56(67)64(44-18-14-42(15-19-44)62-54(65)38-26-50(68-46-22-10-36(34-60)11-23-46)32-52(28-38)70-48-8-4-6-40(58)30-48)45-20-16-43(17-21-45)63-55(66)39-27-51(69-47-24-12-37(35-61)13-25-47)33-53(29-39)71-49-9-5-7-41(59)31-49/h4-13,22-33,42-45H,14-21H2,1-3H3,(H,62,65)(H,63,66). The van der Waals surface area contributed by atoms with Gasteiger partial charge in [-0.1, -0.05) is 44.0 Å². The van der Waals surface area contributed by atoms with E-state index in [1.165, 1.54) is 0 Å². The van der Waals surface area contributed by atoms with E-state index in [-0.39, 0.29) is 42.1 Å². The van der Waals surface area contributed by atoms with Gasteiger partial charge in [-0.05, 0) is 181 Å². The first kappa shape index (κ1) is 51.0. The summed E-state index contributed by atoms with van der Waals surface area (Å²) < 4.78 is 32.4. The number of benzene rings is 6. The topological polar surface area (TPSA) is 172 Å².